The number of alkyl halides is 2. The van der Waals surface area contributed by atoms with Crippen molar-refractivity contribution in [3.63, 3.8) is 0 Å². The second kappa shape index (κ2) is 12.4. The van der Waals surface area contributed by atoms with Crippen molar-refractivity contribution in [1.29, 1.82) is 0 Å². The molecule has 4 rings (SSSR count). The molecule has 3 heterocycles. The van der Waals surface area contributed by atoms with Crippen LogP contribution in [-0.4, -0.2) is 28.9 Å². The molecule has 0 fully saturated rings. The molecular formula is C26H31IN4O5P-. The Kier molecular flexibility index (Phi) is 9.20. The van der Waals surface area contributed by atoms with Gasteiger partial charge in [0.1, 0.15) is 0 Å². The molecule has 1 unspecified atom stereocenters. The van der Waals surface area contributed by atoms with Crippen LogP contribution in [-0.2, 0) is 28.5 Å². The predicted octanol–water partition coefficient (Wildman–Crippen LogP) is 4.40. The van der Waals surface area contributed by atoms with Gasteiger partial charge in [0.15, 0.2) is 0 Å². The normalized spacial score (nSPS) is 20.4. The third kappa shape index (κ3) is 8.51. The molecule has 11 heteroatoms. The van der Waals surface area contributed by atoms with Crippen LogP contribution in [0.1, 0.15) is 42.0 Å². The van der Waals surface area contributed by atoms with Crippen molar-refractivity contribution in [3.8, 4) is 0 Å². The molecule has 3 aromatic rings. The first kappa shape index (κ1) is 27.5. The molecule has 1 aromatic carbocycles. The van der Waals surface area contributed by atoms with E-state index in [4.69, 9.17) is 15.2 Å². The zero-order valence-corrected chi connectivity index (χ0v) is 23.8. The number of halogens is 1. The molecule has 1 aliphatic rings. The molecular weight excluding hydrogens is 606 g/mol. The monoisotopic (exact) mass is 637 g/mol. The van der Waals surface area contributed by atoms with Crippen LogP contribution in [0.5, 0.6) is 0 Å². The minimum Gasteiger partial charge on any atom is -0.181 e. The summed E-state index contributed by atoms with van der Waals surface area (Å²) in [4.78, 5) is 19.7. The molecule has 0 amide bonds. The molecule has 1 atom stereocenters. The van der Waals surface area contributed by atoms with Gasteiger partial charge in [-0.2, -0.15) is 5.10 Å². The number of benzene rings is 1. The Labute approximate surface area is 223 Å². The van der Waals surface area contributed by atoms with E-state index in [9.17, 15) is 9.46 Å². The number of allylic oxidation sites excluding steroid dienone is 4. The molecule has 3 N–H and O–H groups in total. The van der Waals surface area contributed by atoms with Gasteiger partial charge < -0.3 is 0 Å². The Hall–Kier alpha value is -2.50. The topological polar surface area (TPSA) is 139 Å². The summed E-state index contributed by atoms with van der Waals surface area (Å²) in [6.45, 7) is 5.28. The molecule has 0 aliphatic carbocycles. The first-order valence-corrected chi connectivity index (χ1v) is 17.6. The van der Waals surface area contributed by atoms with Crippen molar-refractivity contribution in [3.05, 3.63) is 98.9 Å². The quantitative estimate of drug-likeness (QED) is 0.190. The summed E-state index contributed by atoms with van der Waals surface area (Å²) < 4.78 is 25.6. The molecule has 198 valence electrons. The Bertz CT molecular complexity index is 1340. The fourth-order valence-corrected chi connectivity index (χ4v) is 8.79. The second-order valence-corrected chi connectivity index (χ2v) is 15.5. The van der Waals surface area contributed by atoms with E-state index < -0.39 is 27.6 Å². The second-order valence-electron chi connectivity index (χ2n) is 9.23. The summed E-state index contributed by atoms with van der Waals surface area (Å²) in [5, 5.41) is 8.67. The Balaban J connectivity index is 1.37. The van der Waals surface area contributed by atoms with Crippen LogP contribution >= 0.6 is 27.6 Å². The van der Waals surface area contributed by atoms with Gasteiger partial charge in [-0.25, -0.2) is 0 Å². The van der Waals surface area contributed by atoms with Gasteiger partial charge in [0.2, 0.25) is 0 Å². The maximum Gasteiger partial charge on any atom is 0.0525 e. The SMILES string of the molecule is CC(C)Cn1cc(Cc2ccc(Cc3cc(C4=C/C=C\I(COP(=O)([O-])O)C\C=C\4N)on3)cc2)cn1. The number of aromatic nitrogens is 3. The Morgan fingerprint density at radius 1 is 1.24 bits per heavy atom. The van der Waals surface area contributed by atoms with E-state index in [2.05, 4.69) is 59.1 Å². The number of hydrogen-bond acceptors (Lipinski definition) is 7. The molecule has 0 spiro atoms. The summed E-state index contributed by atoms with van der Waals surface area (Å²) in [5.74, 6) is 1.13. The van der Waals surface area contributed by atoms with Crippen molar-refractivity contribution in [1.82, 2.24) is 14.9 Å². The number of phosphoric ester groups is 1. The van der Waals surface area contributed by atoms with Crippen LogP contribution in [0.3, 0.4) is 0 Å². The summed E-state index contributed by atoms with van der Waals surface area (Å²) in [7, 11) is -4.72. The first-order chi connectivity index (χ1) is 17.6. The van der Waals surface area contributed by atoms with Crippen molar-refractivity contribution in [2.75, 3.05) is 9.04 Å². The maximum atomic E-state index is 10.9. The van der Waals surface area contributed by atoms with E-state index in [1.54, 1.807) is 0 Å². The van der Waals surface area contributed by atoms with Gasteiger partial charge in [-0.15, -0.1) is 0 Å². The van der Waals surface area contributed by atoms with Crippen LogP contribution < -0.4 is 10.6 Å². The number of nitrogens with zero attached hydrogens (tertiary/aromatic N) is 3. The number of hydrogen-bond donors (Lipinski definition) is 2. The molecule has 0 bridgehead atoms. The minimum absolute atomic E-state index is 0.00232. The average molecular weight is 637 g/mol. The molecule has 9 nitrogen and oxygen atoms in total. The van der Waals surface area contributed by atoms with E-state index in [0.29, 0.717) is 28.2 Å². The van der Waals surface area contributed by atoms with Crippen LogP contribution in [0.25, 0.3) is 5.57 Å². The van der Waals surface area contributed by atoms with E-state index >= 15 is 0 Å². The van der Waals surface area contributed by atoms with Gasteiger partial charge in [0, 0.05) is 19.2 Å². The van der Waals surface area contributed by atoms with Gasteiger partial charge in [0.05, 0.1) is 6.20 Å². The van der Waals surface area contributed by atoms with Crippen molar-refractivity contribution in [2.45, 2.75) is 33.2 Å². The molecule has 2 aromatic heterocycles. The summed E-state index contributed by atoms with van der Waals surface area (Å²) in [5.41, 5.74) is 11.9. The molecule has 0 saturated heterocycles. The minimum atomic E-state index is -4.72. The van der Waals surface area contributed by atoms with Gasteiger partial charge in [-0.05, 0) is 11.5 Å². The summed E-state index contributed by atoms with van der Waals surface area (Å²) >= 11 is -1.91. The van der Waals surface area contributed by atoms with Crippen LogP contribution in [0.15, 0.2) is 75.3 Å². The van der Waals surface area contributed by atoms with E-state index in [1.165, 1.54) is 11.1 Å². The summed E-state index contributed by atoms with van der Waals surface area (Å²) in [6, 6.07) is 10.4. The Morgan fingerprint density at radius 2 is 1.97 bits per heavy atom. The van der Waals surface area contributed by atoms with Crippen molar-refractivity contribution >= 4 is 33.2 Å². The summed E-state index contributed by atoms with van der Waals surface area (Å²) in [6.07, 6.45) is 11.0. The third-order valence-corrected chi connectivity index (χ3v) is 10.6. The zero-order valence-electron chi connectivity index (χ0n) is 20.8. The van der Waals surface area contributed by atoms with E-state index in [0.717, 1.165) is 29.8 Å². The number of nitrogens with two attached hydrogens (primary N) is 1. The van der Waals surface area contributed by atoms with Crippen molar-refractivity contribution < 1.29 is 23.4 Å². The Morgan fingerprint density at radius 3 is 2.68 bits per heavy atom. The smallest absolute Gasteiger partial charge is 0.0525 e. The number of phosphoric acid groups is 1. The van der Waals surface area contributed by atoms with Gasteiger partial charge in [0.25, 0.3) is 0 Å². The fraction of sp³-hybridized carbons (Fsp3) is 0.308. The first-order valence-electron chi connectivity index (χ1n) is 11.8. The largest absolute Gasteiger partial charge is 0.181 e. The standard InChI is InChI=1S/C26H32IN4O5P/c1-19(2)16-31-17-22(15-29-31)12-20-5-7-21(8-6-20)13-23-14-26(36-30-23)24-4-3-10-27(11-9-25(24)28)18-35-37(32,33)34/h3-10,14-15,17,19H,11-13,16,18,28H2,1-2H3,(H2,32,33,34)/p-1/b10-3-,24-4+,25-9-. The van der Waals surface area contributed by atoms with E-state index in [-0.39, 0.29) is 4.61 Å². The van der Waals surface area contributed by atoms with Gasteiger partial charge >= 0.3 is 164 Å². The van der Waals surface area contributed by atoms with Crippen LogP contribution in [0, 0.1) is 5.92 Å². The zero-order chi connectivity index (χ0) is 26.4. The molecule has 37 heavy (non-hydrogen) atoms. The van der Waals surface area contributed by atoms with E-state index in [1.807, 2.05) is 39.3 Å². The molecule has 1 aliphatic heterocycles. The van der Waals surface area contributed by atoms with Crippen molar-refractivity contribution in [2.24, 2.45) is 11.7 Å². The molecule has 0 radical (unpaired) electrons. The van der Waals surface area contributed by atoms with Crippen LogP contribution in [0.4, 0.5) is 0 Å². The third-order valence-electron chi connectivity index (χ3n) is 5.55. The van der Waals surface area contributed by atoms with Crippen LogP contribution in [0.2, 0.25) is 0 Å². The average Bonchev–Trinajstić information content (AvgIpc) is 3.46. The molecule has 0 saturated carbocycles. The van der Waals surface area contributed by atoms with Gasteiger partial charge in [-0.1, -0.05) is 13.8 Å². The maximum absolute atomic E-state index is 10.9. The fourth-order valence-electron chi connectivity index (χ4n) is 3.82. The predicted molar refractivity (Wildman–Crippen MR) is 150 cm³/mol. The van der Waals surface area contributed by atoms with Gasteiger partial charge in [-0.3, -0.25) is 4.68 Å². The number of rotatable bonds is 10.